The normalized spacial score (nSPS) is 19.0. The number of hydrogen-bond acceptors (Lipinski definition) is 3. The number of ether oxygens (including phenoxy) is 1. The van der Waals surface area contributed by atoms with Crippen LogP contribution in [-0.2, 0) is 13.6 Å². The van der Waals surface area contributed by atoms with Crippen molar-refractivity contribution >= 4 is 35.0 Å². The van der Waals surface area contributed by atoms with E-state index in [1.807, 2.05) is 0 Å². The fourth-order valence-electron chi connectivity index (χ4n) is 8.73. The van der Waals surface area contributed by atoms with Gasteiger partial charge in [-0.3, -0.25) is 0 Å². The van der Waals surface area contributed by atoms with Crippen LogP contribution in [0.5, 0.6) is 0 Å². The molecule has 1 aliphatic heterocycles. The van der Waals surface area contributed by atoms with Crippen LogP contribution < -0.4 is 0 Å². The Bertz CT molecular complexity index is 697. The molecule has 0 unspecified atom stereocenters. The third kappa shape index (κ3) is 9.36. The van der Waals surface area contributed by atoms with Gasteiger partial charge >= 0.3 is 266 Å². The van der Waals surface area contributed by atoms with Crippen LogP contribution in [0.15, 0.2) is 9.85 Å². The first kappa shape index (κ1) is 39.7. The Morgan fingerprint density at radius 2 is 1.00 bits per heavy atom. The van der Waals surface area contributed by atoms with Gasteiger partial charge in [-0.25, -0.2) is 0 Å². The van der Waals surface area contributed by atoms with Crippen LogP contribution in [0, 0.1) is 0 Å². The molecule has 244 valence electrons. The maximum absolute atomic E-state index is 7.59. The number of unbranched alkanes of at least 4 members (excludes halogenated alkanes) is 3. The first-order valence-corrected chi connectivity index (χ1v) is 29.6. The van der Waals surface area contributed by atoms with Crippen molar-refractivity contribution in [2.45, 2.75) is 201 Å². The Hall–Kier alpha value is 0.692. The summed E-state index contributed by atoms with van der Waals surface area (Å²) >= 11 is -2.75. The molecule has 0 aromatic rings. The van der Waals surface area contributed by atoms with Gasteiger partial charge in [-0.15, -0.1) is 0 Å². The van der Waals surface area contributed by atoms with Crippen LogP contribution in [0.4, 0.5) is 0 Å². The van der Waals surface area contributed by atoms with Gasteiger partial charge in [-0.05, 0) is 0 Å². The van der Waals surface area contributed by atoms with E-state index in [1.54, 1.807) is 0 Å². The molecule has 6 heteroatoms. The summed E-state index contributed by atoms with van der Waals surface area (Å²) in [7, 11) is -4.09. The summed E-state index contributed by atoms with van der Waals surface area (Å²) in [5, 5.41) is 0. The van der Waals surface area contributed by atoms with Crippen LogP contribution in [0.1, 0.15) is 142 Å². The second-order valence-electron chi connectivity index (χ2n) is 15.3. The maximum atomic E-state index is 7.59. The molecule has 0 radical (unpaired) electrons. The summed E-state index contributed by atoms with van der Waals surface area (Å²) in [5.41, 5.74) is 3.40. The van der Waals surface area contributed by atoms with E-state index in [1.165, 1.54) is 55.6 Å². The van der Waals surface area contributed by atoms with Crippen LogP contribution in [0.3, 0.4) is 0 Å². The average molecular weight is 718 g/mol. The molecule has 0 amide bonds. The van der Waals surface area contributed by atoms with E-state index in [2.05, 4.69) is 110 Å². The summed E-state index contributed by atoms with van der Waals surface area (Å²) < 4.78 is 27.9. The summed E-state index contributed by atoms with van der Waals surface area (Å²) in [6.07, 6.45) is 10.5. The van der Waals surface area contributed by atoms with E-state index in [0.717, 1.165) is 0 Å². The first-order valence-electron chi connectivity index (χ1n) is 17.8. The molecule has 2 atom stereocenters. The Labute approximate surface area is 264 Å². The van der Waals surface area contributed by atoms with E-state index in [4.69, 9.17) is 13.6 Å². The van der Waals surface area contributed by atoms with Gasteiger partial charge in [0.2, 0.25) is 0 Å². The molecule has 0 bridgehead atoms. The standard InChI is InChI=1S/C23H47O3Si2.3C4H9.Sn/c1-16(2)27(17(3)4,18(5)6)25-15-23-22(13-14-24-23)26-28(19(7)8,20(9)10)21(11)12;3*1-3-4-2;/h13,16-23H,15H2,1-12H3;3*1,3-4H2,2H3;/t22-,23+;;;;/m0..../s1. The quantitative estimate of drug-likeness (QED) is 0.111. The molecule has 1 rings (SSSR count). The van der Waals surface area contributed by atoms with Crippen LogP contribution in [0.25, 0.3) is 0 Å². The molecule has 0 saturated carbocycles. The Morgan fingerprint density at radius 3 is 1.32 bits per heavy atom. The second-order valence-corrected chi connectivity index (χ2v) is 39.2. The fraction of sp³-hybridized carbons (Fsp3) is 0.943. The van der Waals surface area contributed by atoms with Crippen molar-refractivity contribution in [3.63, 3.8) is 0 Å². The minimum atomic E-state index is -2.75. The summed E-state index contributed by atoms with van der Waals surface area (Å²) in [4.78, 5) is 0. The topological polar surface area (TPSA) is 27.7 Å². The number of hydrogen-bond donors (Lipinski definition) is 0. The average Bonchev–Trinajstić information content (AvgIpc) is 3.29. The third-order valence-electron chi connectivity index (χ3n) is 10.8. The van der Waals surface area contributed by atoms with E-state index in [9.17, 15) is 0 Å². The minimum absolute atomic E-state index is 0.00259. The molecule has 0 saturated heterocycles. The molecule has 41 heavy (non-hydrogen) atoms. The van der Waals surface area contributed by atoms with Gasteiger partial charge in [0.25, 0.3) is 0 Å². The van der Waals surface area contributed by atoms with E-state index in [0.29, 0.717) is 39.9 Å². The van der Waals surface area contributed by atoms with Gasteiger partial charge in [-0.2, -0.15) is 0 Å². The second kappa shape index (κ2) is 18.0. The van der Waals surface area contributed by atoms with Crippen molar-refractivity contribution in [1.82, 2.24) is 0 Å². The van der Waals surface area contributed by atoms with Crippen molar-refractivity contribution < 1.29 is 13.6 Å². The summed E-state index contributed by atoms with van der Waals surface area (Å²) in [6, 6.07) is 0. The number of rotatable bonds is 21. The van der Waals surface area contributed by atoms with Crippen molar-refractivity contribution in [3.8, 4) is 0 Å². The molecule has 1 heterocycles. The van der Waals surface area contributed by atoms with Crippen molar-refractivity contribution in [3.05, 3.63) is 9.85 Å². The molecular weight excluding hydrogens is 643 g/mol. The molecule has 0 aromatic heterocycles. The molecular formula is C35H74O3Si2Sn. The van der Waals surface area contributed by atoms with Gasteiger partial charge in [0.05, 0.1) is 0 Å². The van der Waals surface area contributed by atoms with E-state index in [-0.39, 0.29) is 12.2 Å². The molecule has 3 nitrogen and oxygen atoms in total. The van der Waals surface area contributed by atoms with Crippen LogP contribution >= 0.6 is 0 Å². The van der Waals surface area contributed by atoms with Crippen molar-refractivity contribution in [1.29, 1.82) is 0 Å². The zero-order chi connectivity index (χ0) is 31.6. The molecule has 1 aliphatic rings. The van der Waals surface area contributed by atoms with Crippen LogP contribution in [0.2, 0.25) is 46.6 Å². The summed E-state index contributed by atoms with van der Waals surface area (Å²) in [6.45, 7) is 36.7. The predicted octanol–water partition coefficient (Wildman–Crippen LogP) is 12.4. The Morgan fingerprint density at radius 1 is 0.634 bits per heavy atom. The Kier molecular flexibility index (Phi) is 17.4. The monoisotopic (exact) mass is 718 g/mol. The molecule has 0 aliphatic carbocycles. The van der Waals surface area contributed by atoms with Gasteiger partial charge < -0.3 is 0 Å². The molecule has 0 N–H and O–H groups in total. The van der Waals surface area contributed by atoms with Gasteiger partial charge in [0, 0.05) is 0 Å². The van der Waals surface area contributed by atoms with E-state index < -0.39 is 35.0 Å². The van der Waals surface area contributed by atoms with Gasteiger partial charge in [-0.1, -0.05) is 0 Å². The van der Waals surface area contributed by atoms with E-state index >= 15 is 0 Å². The third-order valence-corrected chi connectivity index (χ3v) is 38.0. The van der Waals surface area contributed by atoms with Crippen molar-refractivity contribution in [2.75, 3.05) is 6.61 Å². The zero-order valence-electron chi connectivity index (χ0n) is 30.5. The molecule has 0 spiro atoms. The predicted molar refractivity (Wildman–Crippen MR) is 191 cm³/mol. The Balaban J connectivity index is 3.68. The van der Waals surface area contributed by atoms with Gasteiger partial charge in [0.1, 0.15) is 0 Å². The molecule has 0 aromatic carbocycles. The molecule has 0 fully saturated rings. The fourth-order valence-corrected chi connectivity index (χ4v) is 35.4. The SMILES string of the molecule is CCC[CH2][Sn]([CH2]CCC)([CH2]CCC)[C]1=C[C@H](O[Si](C(C)C)(C(C)C)C(C)C)[C@@H](CO[Si](C(C)C)(C(C)C)C(C)C)O1. The summed E-state index contributed by atoms with van der Waals surface area (Å²) in [5.74, 6) is 0. The van der Waals surface area contributed by atoms with Crippen LogP contribution in [-0.4, -0.2) is 53.8 Å². The van der Waals surface area contributed by atoms with Gasteiger partial charge in [0.15, 0.2) is 0 Å². The first-order chi connectivity index (χ1) is 19.1. The van der Waals surface area contributed by atoms with Crippen molar-refractivity contribution in [2.24, 2.45) is 0 Å². The zero-order valence-corrected chi connectivity index (χ0v) is 35.3.